The summed E-state index contributed by atoms with van der Waals surface area (Å²) in [6.45, 7) is 10.5. The van der Waals surface area contributed by atoms with Crippen LogP contribution in [0, 0.1) is 17.8 Å². The molecule has 0 aliphatic rings. The Balaban J connectivity index is 6.87. The van der Waals surface area contributed by atoms with Crippen molar-refractivity contribution in [3.8, 4) is 0 Å². The van der Waals surface area contributed by atoms with Crippen LogP contribution in [0.1, 0.15) is 119 Å². The van der Waals surface area contributed by atoms with Crippen molar-refractivity contribution in [2.45, 2.75) is 173 Å². The van der Waals surface area contributed by atoms with Crippen LogP contribution < -0.4 is 71.2 Å². The minimum Gasteiger partial charge on any atom is -0.481 e. The first-order valence-corrected chi connectivity index (χ1v) is 24.3. The quantitative estimate of drug-likeness (QED) is 0.0157. The van der Waals surface area contributed by atoms with E-state index in [1.807, 2.05) is 0 Å². The summed E-state index contributed by atoms with van der Waals surface area (Å²) in [5, 5.41) is 47.7. The van der Waals surface area contributed by atoms with Crippen LogP contribution in [0.15, 0.2) is 4.99 Å². The van der Waals surface area contributed by atoms with E-state index in [1.54, 1.807) is 20.8 Å². The zero-order chi connectivity index (χ0) is 57.9. The average molecular weight is 1070 g/mol. The molecule has 424 valence electrons. The van der Waals surface area contributed by atoms with E-state index in [0.717, 1.165) is 6.92 Å². The van der Waals surface area contributed by atoms with Crippen LogP contribution >= 0.6 is 0 Å². The number of carboxylic acids is 3. The summed E-state index contributed by atoms with van der Waals surface area (Å²) in [6.07, 6.45) is -3.71. The lowest BCUT2D eigenvalue weighted by atomic mass is 9.96. The summed E-state index contributed by atoms with van der Waals surface area (Å²) in [7, 11) is 0. The van der Waals surface area contributed by atoms with Crippen molar-refractivity contribution in [1.82, 2.24) is 42.5 Å². The van der Waals surface area contributed by atoms with Gasteiger partial charge in [-0.15, -0.1) is 0 Å². The molecule has 0 radical (unpaired) electrons. The second kappa shape index (κ2) is 33.9. The Hall–Kier alpha value is -7.66. The smallest absolute Gasteiger partial charge is 0.325 e. The number of hydrogen-bond acceptors (Lipinski definition) is 15. The van der Waals surface area contributed by atoms with Crippen molar-refractivity contribution in [3.05, 3.63) is 0 Å². The molecule has 0 unspecified atom stereocenters. The van der Waals surface area contributed by atoms with E-state index >= 15 is 0 Å². The average Bonchev–Trinajstić information content (AvgIpc) is 3.31. The van der Waals surface area contributed by atoms with E-state index in [4.69, 9.17) is 28.7 Å². The zero-order valence-corrected chi connectivity index (χ0v) is 43.4. The minimum absolute atomic E-state index is 0.0452. The summed E-state index contributed by atoms with van der Waals surface area (Å²) in [5.74, 6) is -16.0. The van der Waals surface area contributed by atoms with Crippen LogP contribution in [-0.4, -0.2) is 159 Å². The monoisotopic (exact) mass is 1070 g/mol. The van der Waals surface area contributed by atoms with E-state index in [9.17, 15) is 77.6 Å². The Morgan fingerprint density at radius 1 is 0.440 bits per heavy atom. The van der Waals surface area contributed by atoms with Gasteiger partial charge in [-0.05, 0) is 63.2 Å². The maximum Gasteiger partial charge on any atom is 0.325 e. The number of aliphatic imine (C=N–C) groups is 1. The summed E-state index contributed by atoms with van der Waals surface area (Å²) >= 11 is 0. The number of carboxylic acid groups (broad SMARTS) is 3. The van der Waals surface area contributed by atoms with Gasteiger partial charge in [-0.2, -0.15) is 0 Å². The number of amides is 10. The van der Waals surface area contributed by atoms with Gasteiger partial charge in [0.1, 0.15) is 48.3 Å². The Kier molecular flexibility index (Phi) is 30.5. The molecule has 0 aliphatic heterocycles. The Bertz CT molecular complexity index is 2070. The number of aliphatic carboxylic acids is 3. The molecule has 0 fully saturated rings. The highest BCUT2D eigenvalue weighted by molar-refractivity contribution is 5.98. The lowest BCUT2D eigenvalue weighted by Crippen LogP contribution is -2.61. The predicted octanol–water partition coefficient (Wildman–Crippen LogP) is -5.03. The van der Waals surface area contributed by atoms with E-state index in [1.165, 1.54) is 20.8 Å². The second-order valence-corrected chi connectivity index (χ2v) is 18.6. The molecule has 0 aromatic rings. The largest absolute Gasteiger partial charge is 0.481 e. The molecular formula is C45H78N14O16. The molecule has 0 heterocycles. The number of hydrogen-bond donors (Lipinski definition) is 16. The number of carbonyl (C=O) groups is 13. The lowest BCUT2D eigenvalue weighted by Gasteiger charge is -2.30. The topological polar surface area (TPSA) is 521 Å². The normalized spacial score (nSPS) is 15.0. The molecule has 0 saturated carbocycles. The molecule has 21 N–H and O–H groups in total. The summed E-state index contributed by atoms with van der Waals surface area (Å²) in [4.78, 5) is 171. The fourth-order valence-electron chi connectivity index (χ4n) is 6.80. The number of nitrogens with one attached hydrogen (secondary N) is 8. The third-order valence-electron chi connectivity index (χ3n) is 11.5. The van der Waals surface area contributed by atoms with Gasteiger partial charge in [-0.25, -0.2) is 0 Å². The van der Waals surface area contributed by atoms with Gasteiger partial charge in [0.25, 0.3) is 0 Å². The predicted molar refractivity (Wildman–Crippen MR) is 266 cm³/mol. The lowest BCUT2D eigenvalue weighted by molar-refractivity contribution is -0.142. The van der Waals surface area contributed by atoms with Gasteiger partial charge in [-0.3, -0.25) is 67.3 Å². The fourth-order valence-corrected chi connectivity index (χ4v) is 6.80. The Morgan fingerprint density at radius 2 is 0.787 bits per heavy atom. The van der Waals surface area contributed by atoms with E-state index in [-0.39, 0.29) is 51.0 Å². The Morgan fingerprint density at radius 3 is 1.19 bits per heavy atom. The van der Waals surface area contributed by atoms with Crippen LogP contribution in [0.5, 0.6) is 0 Å². The molecule has 0 aromatic heterocycles. The van der Waals surface area contributed by atoms with E-state index < -0.39 is 181 Å². The van der Waals surface area contributed by atoms with Gasteiger partial charge in [0.15, 0.2) is 5.96 Å². The highest BCUT2D eigenvalue weighted by atomic mass is 16.4. The summed E-state index contributed by atoms with van der Waals surface area (Å²) < 4.78 is 0. The molecule has 30 heteroatoms. The van der Waals surface area contributed by atoms with Crippen LogP contribution in [0.2, 0.25) is 0 Å². The summed E-state index contributed by atoms with van der Waals surface area (Å²) in [5.41, 5.74) is 27.1. The van der Waals surface area contributed by atoms with Gasteiger partial charge < -0.3 is 86.5 Å². The molecule has 75 heavy (non-hydrogen) atoms. The van der Waals surface area contributed by atoms with Crippen LogP contribution in [-0.2, 0) is 62.3 Å². The first kappa shape index (κ1) is 67.3. The molecule has 10 atom stereocenters. The van der Waals surface area contributed by atoms with Gasteiger partial charge in [0.05, 0.1) is 6.04 Å². The Labute approximate surface area is 433 Å². The SMILES string of the molecule is CC[C@H](C)[C@H](NC(=O)[C@H](CCC(=O)O)NC(=O)[C@H](CCC(=O)O)NC(=O)[C@@H](NC(=O)[C@@H](NC(=O)[C@@H](N)CCC(N)=O)C(C)C)C(C)C)C(=O)N[C@@H](CCCN=C(N)N)C(=O)N[C@@H](CCC(N)=O)C(=O)N[C@@H](C)C(=O)O. The van der Waals surface area contributed by atoms with Crippen molar-refractivity contribution in [3.63, 3.8) is 0 Å². The standard InChI is InChI=1S/C45H78N14O16/c1-8-22(6)35(43(73)55-25(10-9-19-51-45(49)50)38(68)53-26(12-16-30(48)61)37(67)52-23(7)44(74)75)59-40(70)28(14-18-32(64)65)54-39(69)27(13-17-31(62)63)56-41(71)33(20(2)3)58-42(72)34(21(4)5)57-36(66)24(46)11-15-29(47)60/h20-28,33-35H,8-19,46H2,1-7H3,(H2,47,60)(H2,48,61)(H,52,67)(H,53,68)(H,54,69)(H,55,73)(H,56,71)(H,57,66)(H,58,72)(H,59,70)(H,62,63)(H,64,65)(H,74,75)(H4,49,50,51)/t22-,23-,24-,25-,26-,27-,28-,33-,34-,35-/m0/s1. The molecule has 10 amide bonds. The molecule has 0 aliphatic carbocycles. The van der Waals surface area contributed by atoms with Crippen molar-refractivity contribution >= 4 is 82.9 Å². The van der Waals surface area contributed by atoms with Gasteiger partial charge >= 0.3 is 17.9 Å². The molecule has 0 rings (SSSR count). The summed E-state index contributed by atoms with van der Waals surface area (Å²) in [6, 6.07) is -13.4. The van der Waals surface area contributed by atoms with Crippen molar-refractivity contribution in [2.24, 2.45) is 51.4 Å². The maximum absolute atomic E-state index is 14.1. The van der Waals surface area contributed by atoms with Gasteiger partial charge in [0, 0.05) is 32.2 Å². The number of nitrogens with two attached hydrogens (primary N) is 5. The maximum atomic E-state index is 14.1. The third-order valence-corrected chi connectivity index (χ3v) is 11.5. The molecule has 0 bridgehead atoms. The molecular weight excluding hydrogens is 993 g/mol. The molecule has 30 nitrogen and oxygen atoms in total. The van der Waals surface area contributed by atoms with Crippen molar-refractivity contribution in [2.75, 3.05) is 6.54 Å². The first-order chi connectivity index (χ1) is 34.8. The minimum atomic E-state index is -1.76. The third kappa shape index (κ3) is 26.7. The highest BCUT2D eigenvalue weighted by Crippen LogP contribution is 2.14. The van der Waals surface area contributed by atoms with Crippen molar-refractivity contribution in [1.29, 1.82) is 0 Å². The van der Waals surface area contributed by atoms with Gasteiger partial charge in [-0.1, -0.05) is 48.0 Å². The molecule has 0 aromatic carbocycles. The van der Waals surface area contributed by atoms with Crippen LogP contribution in [0.25, 0.3) is 0 Å². The number of nitrogens with zero attached hydrogens (tertiary/aromatic N) is 1. The first-order valence-electron chi connectivity index (χ1n) is 24.3. The van der Waals surface area contributed by atoms with Crippen LogP contribution in [0.3, 0.4) is 0 Å². The molecule has 0 saturated heterocycles. The second-order valence-electron chi connectivity index (χ2n) is 18.6. The fraction of sp³-hybridized carbons (Fsp3) is 0.689. The van der Waals surface area contributed by atoms with Gasteiger partial charge in [0.2, 0.25) is 59.1 Å². The highest BCUT2D eigenvalue weighted by Gasteiger charge is 2.37. The number of carbonyl (C=O) groups excluding carboxylic acids is 10. The number of rotatable bonds is 37. The van der Waals surface area contributed by atoms with Crippen LogP contribution in [0.4, 0.5) is 0 Å². The van der Waals surface area contributed by atoms with E-state index in [0.29, 0.717) is 0 Å². The van der Waals surface area contributed by atoms with Crippen molar-refractivity contribution < 1.29 is 77.6 Å². The van der Waals surface area contributed by atoms with E-state index in [2.05, 4.69) is 47.5 Å². The zero-order valence-electron chi connectivity index (χ0n) is 43.4. The number of primary amides is 2. The number of guanidine groups is 1. The molecule has 0 spiro atoms.